The Morgan fingerprint density at radius 2 is 1.91 bits per heavy atom. The molecule has 0 fully saturated rings. The Balaban J connectivity index is 0. The standard InChI is InChI=1S/C8H8F.ClH.Zn/c1-6-3-4-8(9)5-7(6)2;;/h3-5H,1H2,2H3;1H;/p-1. The van der Waals surface area contributed by atoms with Crippen molar-refractivity contribution in [3.05, 3.63) is 42.1 Å². The van der Waals surface area contributed by atoms with Gasteiger partial charge in [-0.3, -0.25) is 0 Å². The second-order valence-electron chi connectivity index (χ2n) is 2.07. The first-order valence-corrected chi connectivity index (χ1v) is 2.78. The van der Waals surface area contributed by atoms with Crippen LogP contribution in [0.3, 0.4) is 0 Å². The molecule has 11 heavy (non-hydrogen) atoms. The van der Waals surface area contributed by atoms with Crippen LogP contribution in [0, 0.1) is 6.17 Å². The third-order valence-corrected chi connectivity index (χ3v) is 1.30. The molecular formula is C8H8ClFZn-. The Morgan fingerprint density at radius 3 is 2.27 bits per heavy atom. The molecule has 1 aliphatic carbocycles. The molecule has 3 heteroatoms. The molecule has 0 amide bonds. The van der Waals surface area contributed by atoms with Crippen LogP contribution in [0.2, 0.25) is 0 Å². The van der Waals surface area contributed by atoms with Gasteiger partial charge < -0.3 is 12.4 Å². The van der Waals surface area contributed by atoms with E-state index in [0.29, 0.717) is 0 Å². The fourth-order valence-corrected chi connectivity index (χ4v) is 0.659. The van der Waals surface area contributed by atoms with Crippen LogP contribution in [0.5, 0.6) is 0 Å². The fourth-order valence-electron chi connectivity index (χ4n) is 0.659. The van der Waals surface area contributed by atoms with Crippen LogP contribution in [-0.2, 0) is 19.5 Å². The third-order valence-electron chi connectivity index (χ3n) is 1.30. The van der Waals surface area contributed by atoms with Gasteiger partial charge in [0.15, 0.2) is 6.17 Å². The third kappa shape index (κ3) is 3.83. The van der Waals surface area contributed by atoms with E-state index in [0.717, 1.165) is 11.1 Å². The largest absolute Gasteiger partial charge is 1.00 e. The van der Waals surface area contributed by atoms with Crippen LogP contribution in [-0.4, -0.2) is 0 Å². The van der Waals surface area contributed by atoms with Gasteiger partial charge in [0.2, 0.25) is 0 Å². The van der Waals surface area contributed by atoms with Crippen LogP contribution in [0.25, 0.3) is 0 Å². The summed E-state index contributed by atoms with van der Waals surface area (Å²) in [7, 11) is 0. The molecular weight excluding hydrogens is 216 g/mol. The van der Waals surface area contributed by atoms with Crippen molar-refractivity contribution < 1.29 is 36.3 Å². The Labute approximate surface area is 85.4 Å². The summed E-state index contributed by atoms with van der Waals surface area (Å²) in [6.07, 6.45) is 4.36. The van der Waals surface area contributed by atoms with Crippen molar-refractivity contribution in [1.82, 2.24) is 0 Å². The van der Waals surface area contributed by atoms with Gasteiger partial charge in [-0.2, -0.15) is 0 Å². The maximum absolute atomic E-state index is 12.3. The van der Waals surface area contributed by atoms with Crippen molar-refractivity contribution in [2.45, 2.75) is 6.92 Å². The van der Waals surface area contributed by atoms with Crippen molar-refractivity contribution in [3.63, 3.8) is 0 Å². The van der Waals surface area contributed by atoms with E-state index in [1.54, 1.807) is 6.08 Å². The Kier molecular flexibility index (Phi) is 7.04. The first-order chi connectivity index (χ1) is 4.20. The maximum atomic E-state index is 12.3. The normalized spacial score (nSPS) is 16.5. The first-order valence-electron chi connectivity index (χ1n) is 2.78. The summed E-state index contributed by atoms with van der Waals surface area (Å²) in [5, 5.41) is 0. The van der Waals surface area contributed by atoms with Gasteiger partial charge in [-0.15, -0.1) is 0 Å². The molecule has 0 unspecified atom stereocenters. The molecule has 0 spiro atoms. The minimum absolute atomic E-state index is 0. The first kappa shape index (κ1) is 13.6. The molecule has 0 aromatic carbocycles. The summed E-state index contributed by atoms with van der Waals surface area (Å²) < 4.78 is 12.3. The predicted molar refractivity (Wildman–Crippen MR) is 36.4 cm³/mol. The molecule has 0 bridgehead atoms. The summed E-state index contributed by atoms with van der Waals surface area (Å²) in [5.74, 6) is 0. The minimum Gasteiger partial charge on any atom is -1.00 e. The second-order valence-corrected chi connectivity index (χ2v) is 2.07. The van der Waals surface area contributed by atoms with Crippen LogP contribution in [0.1, 0.15) is 6.92 Å². The zero-order valence-corrected chi connectivity index (χ0v) is 10.1. The smallest absolute Gasteiger partial charge is 0.189 e. The summed E-state index contributed by atoms with van der Waals surface area (Å²) >= 11 is 0. The van der Waals surface area contributed by atoms with Gasteiger partial charge in [0.05, 0.1) is 0 Å². The summed E-state index contributed by atoms with van der Waals surface area (Å²) in [4.78, 5) is 0. The molecule has 0 nitrogen and oxygen atoms in total. The molecule has 0 saturated heterocycles. The Hall–Kier alpha value is 0.0634. The van der Waals surface area contributed by atoms with E-state index < -0.39 is 0 Å². The number of allylic oxidation sites excluding steroid dienone is 5. The van der Waals surface area contributed by atoms with Crippen molar-refractivity contribution in [2.75, 3.05) is 0 Å². The molecule has 0 N–H and O–H groups in total. The topological polar surface area (TPSA) is 0 Å². The van der Waals surface area contributed by atoms with Gasteiger partial charge in [-0.1, -0.05) is 12.7 Å². The van der Waals surface area contributed by atoms with E-state index in [9.17, 15) is 4.39 Å². The van der Waals surface area contributed by atoms with Gasteiger partial charge in [0.25, 0.3) is 0 Å². The average Bonchev–Trinajstić information content (AvgIpc) is 1.80. The Bertz CT molecular complexity index is 196. The van der Waals surface area contributed by atoms with Crippen LogP contribution in [0.15, 0.2) is 36.0 Å². The number of halogens is 2. The monoisotopic (exact) mass is 222 g/mol. The van der Waals surface area contributed by atoms with E-state index in [4.69, 9.17) is 0 Å². The Morgan fingerprint density at radius 1 is 1.36 bits per heavy atom. The van der Waals surface area contributed by atoms with E-state index >= 15 is 0 Å². The van der Waals surface area contributed by atoms with E-state index in [2.05, 4.69) is 6.58 Å². The maximum Gasteiger partial charge on any atom is 0.189 e. The van der Waals surface area contributed by atoms with Crippen LogP contribution < -0.4 is 12.4 Å². The molecule has 0 atom stereocenters. The summed E-state index contributed by atoms with van der Waals surface area (Å²) in [5.41, 5.74) is 1.78. The molecule has 1 radical (unpaired) electrons. The number of rotatable bonds is 0. The zero-order chi connectivity index (χ0) is 6.85. The summed E-state index contributed by atoms with van der Waals surface area (Å²) in [6, 6.07) is 0. The van der Waals surface area contributed by atoms with Crippen LogP contribution in [0.4, 0.5) is 4.39 Å². The molecule has 57 valence electrons. The SMILES string of the molecule is C=C1C=C[C](F)C=C1C.[Cl-].[Zn]. The minimum atomic E-state index is -0.195. The molecule has 0 aromatic rings. The van der Waals surface area contributed by atoms with E-state index in [-0.39, 0.29) is 38.1 Å². The zero-order valence-electron chi connectivity index (χ0n) is 6.40. The van der Waals surface area contributed by atoms with Crippen LogP contribution >= 0.6 is 0 Å². The molecule has 0 aromatic heterocycles. The fraction of sp³-hybridized carbons (Fsp3) is 0.125. The van der Waals surface area contributed by atoms with Crippen molar-refractivity contribution in [1.29, 1.82) is 0 Å². The molecule has 1 aliphatic rings. The van der Waals surface area contributed by atoms with Gasteiger partial charge in [0.1, 0.15) is 0 Å². The molecule has 1 rings (SSSR count). The molecule has 0 heterocycles. The number of hydrogen-bond donors (Lipinski definition) is 0. The van der Waals surface area contributed by atoms with Gasteiger partial charge in [-0.25, -0.2) is 4.39 Å². The van der Waals surface area contributed by atoms with E-state index in [1.165, 1.54) is 12.2 Å². The van der Waals surface area contributed by atoms with Crippen molar-refractivity contribution in [2.24, 2.45) is 0 Å². The van der Waals surface area contributed by atoms with Crippen molar-refractivity contribution in [3.8, 4) is 0 Å². The summed E-state index contributed by atoms with van der Waals surface area (Å²) in [6.45, 7) is 5.53. The quantitative estimate of drug-likeness (QED) is 0.489. The number of hydrogen-bond acceptors (Lipinski definition) is 0. The molecule has 0 aliphatic heterocycles. The average molecular weight is 224 g/mol. The van der Waals surface area contributed by atoms with Gasteiger partial charge in [0, 0.05) is 19.5 Å². The van der Waals surface area contributed by atoms with Gasteiger partial charge in [-0.05, 0) is 30.2 Å². The van der Waals surface area contributed by atoms with E-state index in [1.807, 2.05) is 6.92 Å². The second kappa shape index (κ2) is 5.68. The van der Waals surface area contributed by atoms with Crippen molar-refractivity contribution >= 4 is 0 Å². The predicted octanol–water partition coefficient (Wildman–Crippen LogP) is -0.438. The van der Waals surface area contributed by atoms with Gasteiger partial charge >= 0.3 is 0 Å². The molecule has 0 saturated carbocycles.